The van der Waals surface area contributed by atoms with Gasteiger partial charge >= 0.3 is 5.97 Å². The summed E-state index contributed by atoms with van der Waals surface area (Å²) in [5.41, 5.74) is 1.01. The zero-order valence-electron chi connectivity index (χ0n) is 10.0. The fourth-order valence-electron chi connectivity index (χ4n) is 1.64. The molecule has 0 N–H and O–H groups in total. The number of rotatable bonds is 5. The molecular formula is C14H14O2S2. The second-order valence-electron chi connectivity index (χ2n) is 3.73. The second kappa shape index (κ2) is 6.61. The van der Waals surface area contributed by atoms with Gasteiger partial charge in [0.1, 0.15) is 0 Å². The molecule has 0 aliphatic heterocycles. The summed E-state index contributed by atoms with van der Waals surface area (Å²) in [4.78, 5) is 11.8. The third-order valence-corrected chi connectivity index (χ3v) is 4.80. The van der Waals surface area contributed by atoms with Gasteiger partial charge in [-0.05, 0) is 17.0 Å². The van der Waals surface area contributed by atoms with Crippen molar-refractivity contribution in [3.8, 4) is 0 Å². The molecule has 0 fully saturated rings. The van der Waals surface area contributed by atoms with Crippen molar-refractivity contribution >= 4 is 29.1 Å². The normalized spacial score (nSPS) is 12.1. The van der Waals surface area contributed by atoms with Gasteiger partial charge < -0.3 is 4.74 Å². The SMILES string of the molecule is COC(=O)C(CSc1cccs1)c1ccccc1. The smallest absolute Gasteiger partial charge is 0.313 e. The van der Waals surface area contributed by atoms with Gasteiger partial charge in [-0.1, -0.05) is 36.4 Å². The summed E-state index contributed by atoms with van der Waals surface area (Å²) in [7, 11) is 1.44. The molecule has 18 heavy (non-hydrogen) atoms. The number of carbonyl (C=O) groups excluding carboxylic acids is 1. The van der Waals surface area contributed by atoms with E-state index in [0.29, 0.717) is 5.75 Å². The summed E-state index contributed by atoms with van der Waals surface area (Å²) in [5.74, 6) is 0.325. The summed E-state index contributed by atoms with van der Waals surface area (Å²) in [6.45, 7) is 0. The van der Waals surface area contributed by atoms with E-state index in [1.54, 1.807) is 23.1 Å². The summed E-state index contributed by atoms with van der Waals surface area (Å²) in [6, 6.07) is 13.9. The van der Waals surface area contributed by atoms with E-state index in [1.807, 2.05) is 41.8 Å². The van der Waals surface area contributed by atoms with Crippen LogP contribution in [0.4, 0.5) is 0 Å². The lowest BCUT2D eigenvalue weighted by Crippen LogP contribution is -2.16. The molecule has 2 aromatic rings. The van der Waals surface area contributed by atoms with Gasteiger partial charge in [0.15, 0.2) is 0 Å². The van der Waals surface area contributed by atoms with Gasteiger partial charge in [0.25, 0.3) is 0 Å². The highest BCUT2D eigenvalue weighted by Gasteiger charge is 2.21. The predicted octanol–water partition coefficient (Wildman–Crippen LogP) is 3.80. The average Bonchev–Trinajstić information content (AvgIpc) is 2.93. The Labute approximate surface area is 115 Å². The summed E-state index contributed by atoms with van der Waals surface area (Å²) in [5, 5.41) is 2.04. The maximum Gasteiger partial charge on any atom is 0.313 e. The molecule has 0 aliphatic carbocycles. The average molecular weight is 278 g/mol. The number of esters is 1. The maximum absolute atomic E-state index is 11.8. The molecule has 0 aliphatic rings. The number of thioether (sulfide) groups is 1. The fraction of sp³-hybridized carbons (Fsp3) is 0.214. The van der Waals surface area contributed by atoms with Crippen LogP contribution in [0, 0.1) is 0 Å². The van der Waals surface area contributed by atoms with Gasteiger partial charge in [0.2, 0.25) is 0 Å². The minimum absolute atomic E-state index is 0.176. The van der Waals surface area contributed by atoms with Crippen molar-refractivity contribution in [1.82, 2.24) is 0 Å². The third kappa shape index (κ3) is 3.37. The van der Waals surface area contributed by atoms with Crippen molar-refractivity contribution in [2.75, 3.05) is 12.9 Å². The zero-order chi connectivity index (χ0) is 12.8. The van der Waals surface area contributed by atoms with Crippen LogP contribution in [0.5, 0.6) is 0 Å². The predicted molar refractivity (Wildman–Crippen MR) is 76.2 cm³/mol. The molecular weight excluding hydrogens is 264 g/mol. The number of hydrogen-bond acceptors (Lipinski definition) is 4. The van der Waals surface area contributed by atoms with Crippen molar-refractivity contribution in [3.63, 3.8) is 0 Å². The molecule has 0 spiro atoms. The molecule has 1 unspecified atom stereocenters. The van der Waals surface area contributed by atoms with Crippen LogP contribution < -0.4 is 0 Å². The van der Waals surface area contributed by atoms with Crippen molar-refractivity contribution in [2.45, 2.75) is 10.1 Å². The number of methoxy groups -OCH3 is 1. The van der Waals surface area contributed by atoms with Crippen LogP contribution in [0.15, 0.2) is 52.1 Å². The first-order valence-corrected chi connectivity index (χ1v) is 7.47. The molecule has 0 saturated heterocycles. The third-order valence-electron chi connectivity index (χ3n) is 2.57. The highest BCUT2D eigenvalue weighted by Crippen LogP contribution is 2.29. The first-order chi connectivity index (χ1) is 8.81. The van der Waals surface area contributed by atoms with E-state index in [1.165, 1.54) is 11.3 Å². The maximum atomic E-state index is 11.8. The summed E-state index contributed by atoms with van der Waals surface area (Å²) < 4.78 is 6.11. The molecule has 0 bridgehead atoms. The molecule has 1 aromatic heterocycles. The van der Waals surface area contributed by atoms with E-state index < -0.39 is 0 Å². The van der Waals surface area contributed by atoms with E-state index in [2.05, 4.69) is 6.07 Å². The Balaban J connectivity index is 2.09. The Bertz CT molecular complexity index is 480. The topological polar surface area (TPSA) is 26.3 Å². The molecule has 0 amide bonds. The minimum atomic E-state index is -0.205. The number of benzene rings is 1. The molecule has 1 aromatic carbocycles. The Morgan fingerprint density at radius 2 is 2.06 bits per heavy atom. The van der Waals surface area contributed by atoms with Crippen molar-refractivity contribution in [3.05, 3.63) is 53.4 Å². The van der Waals surface area contributed by atoms with Gasteiger partial charge in [-0.25, -0.2) is 0 Å². The van der Waals surface area contributed by atoms with Crippen molar-refractivity contribution in [1.29, 1.82) is 0 Å². The van der Waals surface area contributed by atoms with E-state index in [0.717, 1.165) is 5.56 Å². The van der Waals surface area contributed by atoms with Gasteiger partial charge in [-0.15, -0.1) is 23.1 Å². The standard InChI is InChI=1S/C14H14O2S2/c1-16-14(15)12(11-6-3-2-4-7-11)10-18-13-8-5-9-17-13/h2-9,12H,10H2,1H3. The van der Waals surface area contributed by atoms with Crippen LogP contribution in [0.3, 0.4) is 0 Å². The first-order valence-electron chi connectivity index (χ1n) is 5.60. The van der Waals surface area contributed by atoms with E-state index in [4.69, 9.17) is 4.74 Å². The summed E-state index contributed by atoms with van der Waals surface area (Å²) >= 11 is 3.38. The molecule has 4 heteroatoms. The van der Waals surface area contributed by atoms with Crippen LogP contribution in [0.2, 0.25) is 0 Å². The highest BCUT2D eigenvalue weighted by molar-refractivity contribution is 8.01. The van der Waals surface area contributed by atoms with Crippen LogP contribution in [-0.4, -0.2) is 18.8 Å². The minimum Gasteiger partial charge on any atom is -0.469 e. The van der Waals surface area contributed by atoms with E-state index in [-0.39, 0.29) is 11.9 Å². The molecule has 1 atom stereocenters. The molecule has 1 heterocycles. The Kier molecular flexibility index (Phi) is 4.84. The Morgan fingerprint density at radius 3 is 2.67 bits per heavy atom. The quantitative estimate of drug-likeness (QED) is 0.615. The monoisotopic (exact) mass is 278 g/mol. The molecule has 94 valence electrons. The molecule has 2 rings (SSSR count). The zero-order valence-corrected chi connectivity index (χ0v) is 11.7. The largest absolute Gasteiger partial charge is 0.469 e. The first kappa shape index (κ1) is 13.2. The number of hydrogen-bond donors (Lipinski definition) is 0. The Morgan fingerprint density at radius 1 is 1.28 bits per heavy atom. The lowest BCUT2D eigenvalue weighted by atomic mass is 10.0. The molecule has 0 saturated carbocycles. The van der Waals surface area contributed by atoms with Gasteiger partial charge in [-0.3, -0.25) is 4.79 Å². The van der Waals surface area contributed by atoms with E-state index in [9.17, 15) is 4.79 Å². The number of ether oxygens (including phenoxy) is 1. The Hall–Kier alpha value is -1.26. The van der Waals surface area contributed by atoms with Gasteiger partial charge in [0.05, 0.1) is 17.2 Å². The van der Waals surface area contributed by atoms with Crippen LogP contribution in [0.1, 0.15) is 11.5 Å². The van der Waals surface area contributed by atoms with Gasteiger partial charge in [-0.2, -0.15) is 0 Å². The second-order valence-corrected chi connectivity index (χ2v) is 6.00. The van der Waals surface area contributed by atoms with Crippen molar-refractivity contribution < 1.29 is 9.53 Å². The lowest BCUT2D eigenvalue weighted by molar-refractivity contribution is -0.141. The highest BCUT2D eigenvalue weighted by atomic mass is 32.2. The van der Waals surface area contributed by atoms with Crippen molar-refractivity contribution in [2.24, 2.45) is 0 Å². The lowest BCUT2D eigenvalue weighted by Gasteiger charge is -2.14. The summed E-state index contributed by atoms with van der Waals surface area (Å²) in [6.07, 6.45) is 0. The molecule has 0 radical (unpaired) electrons. The fourth-order valence-corrected chi connectivity index (χ4v) is 3.56. The van der Waals surface area contributed by atoms with Crippen LogP contribution in [0.25, 0.3) is 0 Å². The van der Waals surface area contributed by atoms with Crippen LogP contribution >= 0.6 is 23.1 Å². The van der Waals surface area contributed by atoms with E-state index >= 15 is 0 Å². The van der Waals surface area contributed by atoms with Gasteiger partial charge in [0, 0.05) is 5.75 Å². The number of carbonyl (C=O) groups is 1. The molecule has 2 nitrogen and oxygen atoms in total. The number of thiophene rings is 1. The van der Waals surface area contributed by atoms with Crippen LogP contribution in [-0.2, 0) is 9.53 Å².